The van der Waals surface area contributed by atoms with Crippen LogP contribution in [0.2, 0.25) is 0 Å². The van der Waals surface area contributed by atoms with Gasteiger partial charge in [0.25, 0.3) is 0 Å². The fraction of sp³-hybridized carbons (Fsp3) is 0.500. The maximum atomic E-state index is 9.61. The zero-order valence-electron chi connectivity index (χ0n) is 7.80. The zero-order chi connectivity index (χ0) is 9.80. The second-order valence-electron chi connectivity index (χ2n) is 3.38. The van der Waals surface area contributed by atoms with E-state index in [2.05, 4.69) is 4.98 Å². The number of nitrogens with zero attached hydrogens (tertiary/aromatic N) is 1. The van der Waals surface area contributed by atoms with Crippen molar-refractivity contribution in [3.05, 3.63) is 24.4 Å². The SMILES string of the molecule is O[C@@H]1CCC[C@H]1SSc1ccccn1. The normalized spacial score (nSPS) is 26.6. The molecule has 1 heterocycles. The molecule has 0 amide bonds. The summed E-state index contributed by atoms with van der Waals surface area (Å²) in [5, 5.41) is 11.0. The highest BCUT2D eigenvalue weighted by Crippen LogP contribution is 2.40. The first-order valence-electron chi connectivity index (χ1n) is 4.79. The van der Waals surface area contributed by atoms with Crippen LogP contribution in [-0.2, 0) is 0 Å². The summed E-state index contributed by atoms with van der Waals surface area (Å²) in [5.74, 6) is 0. The smallest absolute Gasteiger partial charge is 0.106 e. The molecule has 4 heteroatoms. The van der Waals surface area contributed by atoms with Gasteiger partial charge in [-0.15, -0.1) is 0 Å². The maximum absolute atomic E-state index is 9.61. The molecule has 0 saturated heterocycles. The Morgan fingerprint density at radius 1 is 1.36 bits per heavy atom. The minimum absolute atomic E-state index is 0.115. The van der Waals surface area contributed by atoms with E-state index in [-0.39, 0.29) is 6.10 Å². The van der Waals surface area contributed by atoms with E-state index < -0.39 is 0 Å². The molecule has 0 bridgehead atoms. The Labute approximate surface area is 91.9 Å². The van der Waals surface area contributed by atoms with Crippen LogP contribution >= 0.6 is 21.6 Å². The molecule has 2 rings (SSSR count). The first-order valence-corrected chi connectivity index (χ1v) is 7.00. The van der Waals surface area contributed by atoms with Gasteiger partial charge >= 0.3 is 0 Å². The Morgan fingerprint density at radius 2 is 2.29 bits per heavy atom. The van der Waals surface area contributed by atoms with Crippen LogP contribution in [-0.4, -0.2) is 21.4 Å². The number of aliphatic hydroxyl groups excluding tert-OH is 1. The van der Waals surface area contributed by atoms with Gasteiger partial charge in [-0.1, -0.05) is 16.9 Å². The molecule has 76 valence electrons. The average molecular weight is 227 g/mol. The summed E-state index contributed by atoms with van der Waals surface area (Å²) >= 11 is 0. The number of hydrogen-bond acceptors (Lipinski definition) is 4. The third kappa shape index (κ3) is 2.65. The van der Waals surface area contributed by atoms with Gasteiger partial charge in [0.2, 0.25) is 0 Å². The van der Waals surface area contributed by atoms with Crippen LogP contribution in [0.3, 0.4) is 0 Å². The molecule has 0 aromatic carbocycles. The van der Waals surface area contributed by atoms with E-state index in [9.17, 15) is 5.11 Å². The van der Waals surface area contributed by atoms with Crippen molar-refractivity contribution in [3.8, 4) is 0 Å². The van der Waals surface area contributed by atoms with Gasteiger partial charge in [0.15, 0.2) is 0 Å². The largest absolute Gasteiger partial charge is 0.392 e. The average Bonchev–Trinajstić information content (AvgIpc) is 2.63. The molecule has 0 spiro atoms. The van der Waals surface area contributed by atoms with Crippen molar-refractivity contribution in [2.75, 3.05) is 0 Å². The predicted molar refractivity (Wildman–Crippen MR) is 61.3 cm³/mol. The molecule has 1 aromatic heterocycles. The first kappa shape index (κ1) is 10.3. The van der Waals surface area contributed by atoms with Crippen molar-refractivity contribution >= 4 is 21.6 Å². The molecule has 2 atom stereocenters. The summed E-state index contributed by atoms with van der Waals surface area (Å²) in [6.45, 7) is 0. The van der Waals surface area contributed by atoms with Crippen LogP contribution in [0.25, 0.3) is 0 Å². The van der Waals surface area contributed by atoms with Gasteiger partial charge in [-0.2, -0.15) is 0 Å². The van der Waals surface area contributed by atoms with Crippen molar-refractivity contribution in [1.29, 1.82) is 0 Å². The Morgan fingerprint density at radius 3 is 2.93 bits per heavy atom. The number of aliphatic hydroxyl groups is 1. The second-order valence-corrected chi connectivity index (χ2v) is 5.84. The molecule has 2 nitrogen and oxygen atoms in total. The summed E-state index contributed by atoms with van der Waals surface area (Å²) in [6, 6.07) is 5.90. The first-order chi connectivity index (χ1) is 6.86. The minimum Gasteiger partial charge on any atom is -0.392 e. The van der Waals surface area contributed by atoms with E-state index in [1.54, 1.807) is 27.8 Å². The van der Waals surface area contributed by atoms with E-state index in [0.29, 0.717) is 5.25 Å². The fourth-order valence-electron chi connectivity index (χ4n) is 1.53. The molecule has 1 aromatic rings. The van der Waals surface area contributed by atoms with Crippen LogP contribution in [0.15, 0.2) is 29.4 Å². The monoisotopic (exact) mass is 227 g/mol. The molecule has 1 aliphatic carbocycles. The van der Waals surface area contributed by atoms with E-state index in [1.807, 2.05) is 18.2 Å². The highest BCUT2D eigenvalue weighted by molar-refractivity contribution is 8.76. The van der Waals surface area contributed by atoms with Gasteiger partial charge in [0.1, 0.15) is 5.03 Å². The van der Waals surface area contributed by atoms with Gasteiger partial charge in [0, 0.05) is 11.4 Å². The summed E-state index contributed by atoms with van der Waals surface area (Å²) in [5.41, 5.74) is 0. The number of hydrogen-bond donors (Lipinski definition) is 1. The van der Waals surface area contributed by atoms with Crippen molar-refractivity contribution in [2.24, 2.45) is 0 Å². The maximum Gasteiger partial charge on any atom is 0.106 e. The summed E-state index contributed by atoms with van der Waals surface area (Å²) in [6.07, 6.45) is 4.93. The lowest BCUT2D eigenvalue weighted by Crippen LogP contribution is -2.13. The Kier molecular flexibility index (Phi) is 3.73. The van der Waals surface area contributed by atoms with Crippen molar-refractivity contribution in [2.45, 2.75) is 35.6 Å². The molecule has 1 N–H and O–H groups in total. The quantitative estimate of drug-likeness (QED) is 0.805. The van der Waals surface area contributed by atoms with Crippen LogP contribution < -0.4 is 0 Å². The molecule has 0 unspecified atom stereocenters. The lowest BCUT2D eigenvalue weighted by atomic mass is 10.3. The molecule has 1 aliphatic rings. The molecular formula is C10H13NOS2. The standard InChI is InChI=1S/C10H13NOS2/c12-8-4-3-5-9(8)13-14-10-6-1-2-7-11-10/h1-2,6-9,12H,3-5H2/t8-,9-/m1/s1. The van der Waals surface area contributed by atoms with Gasteiger partial charge in [-0.3, -0.25) is 0 Å². The third-order valence-electron chi connectivity index (χ3n) is 2.31. The molecule has 14 heavy (non-hydrogen) atoms. The van der Waals surface area contributed by atoms with Gasteiger partial charge in [-0.25, -0.2) is 4.98 Å². The van der Waals surface area contributed by atoms with Crippen LogP contribution in [0, 0.1) is 0 Å². The lowest BCUT2D eigenvalue weighted by molar-refractivity contribution is 0.188. The lowest BCUT2D eigenvalue weighted by Gasteiger charge is -2.11. The molecular weight excluding hydrogens is 214 g/mol. The highest BCUT2D eigenvalue weighted by atomic mass is 33.1. The Hall–Kier alpha value is -0.190. The van der Waals surface area contributed by atoms with Crippen molar-refractivity contribution < 1.29 is 5.11 Å². The topological polar surface area (TPSA) is 33.1 Å². The van der Waals surface area contributed by atoms with Crippen molar-refractivity contribution in [1.82, 2.24) is 4.98 Å². The van der Waals surface area contributed by atoms with Crippen LogP contribution in [0.5, 0.6) is 0 Å². The van der Waals surface area contributed by atoms with E-state index in [1.165, 1.54) is 0 Å². The van der Waals surface area contributed by atoms with Gasteiger partial charge < -0.3 is 5.11 Å². The summed E-state index contributed by atoms with van der Waals surface area (Å²) in [7, 11) is 3.42. The molecule has 1 saturated carbocycles. The molecule has 0 radical (unpaired) electrons. The molecule has 1 fully saturated rings. The summed E-state index contributed by atoms with van der Waals surface area (Å²) < 4.78 is 0. The predicted octanol–water partition coefficient (Wildman–Crippen LogP) is 2.74. The van der Waals surface area contributed by atoms with Crippen molar-refractivity contribution in [3.63, 3.8) is 0 Å². The fourth-order valence-corrected chi connectivity index (χ4v) is 4.15. The van der Waals surface area contributed by atoms with Crippen LogP contribution in [0.4, 0.5) is 0 Å². The number of pyridine rings is 1. The number of rotatable bonds is 3. The minimum atomic E-state index is -0.115. The number of aromatic nitrogens is 1. The van der Waals surface area contributed by atoms with Gasteiger partial charge in [-0.05, 0) is 42.2 Å². The van der Waals surface area contributed by atoms with E-state index >= 15 is 0 Å². The molecule has 0 aliphatic heterocycles. The third-order valence-corrected chi connectivity index (χ3v) is 5.16. The van der Waals surface area contributed by atoms with E-state index in [4.69, 9.17) is 0 Å². The van der Waals surface area contributed by atoms with E-state index in [0.717, 1.165) is 24.3 Å². The highest BCUT2D eigenvalue weighted by Gasteiger charge is 2.25. The Bertz CT molecular complexity index is 281. The van der Waals surface area contributed by atoms with Crippen LogP contribution in [0.1, 0.15) is 19.3 Å². The summed E-state index contributed by atoms with van der Waals surface area (Å²) in [4.78, 5) is 4.23. The Balaban J connectivity index is 1.82. The second kappa shape index (κ2) is 5.05. The van der Waals surface area contributed by atoms with Gasteiger partial charge in [0.05, 0.1) is 6.10 Å². The zero-order valence-corrected chi connectivity index (χ0v) is 9.43.